The largest absolute Gasteiger partial charge is 0.481 e. The van der Waals surface area contributed by atoms with E-state index in [1.807, 2.05) is 12.1 Å². The number of halogens is 3. The first-order valence-electron chi connectivity index (χ1n) is 12.9. The topological polar surface area (TPSA) is 126 Å². The van der Waals surface area contributed by atoms with Gasteiger partial charge < -0.3 is 15.4 Å². The number of carboxylic acid groups (broad SMARTS) is 1. The fraction of sp³-hybridized carbons (Fsp3) is 0.267. The third-order valence-corrected chi connectivity index (χ3v) is 8.34. The maximum atomic E-state index is 16.5. The van der Waals surface area contributed by atoms with Gasteiger partial charge in [-0.1, -0.05) is 18.2 Å². The van der Waals surface area contributed by atoms with Crippen LogP contribution in [0, 0.1) is 57.9 Å². The Kier molecular flexibility index (Phi) is 6.19. The highest BCUT2D eigenvalue weighted by Crippen LogP contribution is 2.47. The van der Waals surface area contributed by atoms with Gasteiger partial charge in [-0.25, -0.2) is 18.2 Å². The number of aromatic nitrogens is 2. The number of H-pyrrole nitrogens is 1. The molecule has 3 aliphatic rings. The Morgan fingerprint density at radius 3 is 2.45 bits per heavy atom. The maximum Gasteiger partial charge on any atom is 0.308 e. The SMILES string of the molecule is N#Cc1ccccc1-c1c(F)c(N[C@H]2C3CCC(CC3)[C@@H]2C(=O)O)nc(-c2c[nH]c3c(F)cc(F)cc23)c1C#N. The van der Waals surface area contributed by atoms with Crippen LogP contribution in [0.1, 0.15) is 36.8 Å². The van der Waals surface area contributed by atoms with Gasteiger partial charge >= 0.3 is 5.97 Å². The molecule has 0 radical (unpaired) electrons. The Morgan fingerprint density at radius 1 is 1.02 bits per heavy atom. The lowest BCUT2D eigenvalue weighted by Gasteiger charge is -2.47. The van der Waals surface area contributed by atoms with Crippen LogP contribution in [-0.4, -0.2) is 27.1 Å². The van der Waals surface area contributed by atoms with Crippen molar-refractivity contribution in [3.05, 3.63) is 71.2 Å². The summed E-state index contributed by atoms with van der Waals surface area (Å²) in [6.45, 7) is 0. The van der Waals surface area contributed by atoms with Gasteiger partial charge in [-0.3, -0.25) is 4.79 Å². The summed E-state index contributed by atoms with van der Waals surface area (Å²) >= 11 is 0. The van der Waals surface area contributed by atoms with E-state index in [0.717, 1.165) is 37.8 Å². The third kappa shape index (κ3) is 3.95. The Morgan fingerprint density at radius 2 is 1.75 bits per heavy atom. The summed E-state index contributed by atoms with van der Waals surface area (Å²) in [6.07, 6.45) is 4.51. The van der Waals surface area contributed by atoms with Gasteiger partial charge in [-0.15, -0.1) is 0 Å². The first-order valence-corrected chi connectivity index (χ1v) is 12.9. The molecule has 40 heavy (non-hydrogen) atoms. The van der Waals surface area contributed by atoms with E-state index in [2.05, 4.69) is 15.3 Å². The van der Waals surface area contributed by atoms with Crippen molar-refractivity contribution >= 4 is 22.7 Å². The molecule has 0 unspecified atom stereocenters. The second-order valence-corrected chi connectivity index (χ2v) is 10.4. The van der Waals surface area contributed by atoms with Crippen molar-refractivity contribution in [2.24, 2.45) is 17.8 Å². The number of pyridine rings is 1. The summed E-state index contributed by atoms with van der Waals surface area (Å²) in [6, 6.07) is 11.4. The highest BCUT2D eigenvalue weighted by molar-refractivity contribution is 5.98. The normalized spacial score (nSPS) is 21.6. The third-order valence-electron chi connectivity index (χ3n) is 8.34. The van der Waals surface area contributed by atoms with Crippen LogP contribution in [0.25, 0.3) is 33.3 Å². The van der Waals surface area contributed by atoms with E-state index in [9.17, 15) is 29.2 Å². The molecule has 7 nitrogen and oxygen atoms in total. The molecular formula is C30H22F3N5O2. The Labute approximate surface area is 226 Å². The molecule has 3 aliphatic carbocycles. The van der Waals surface area contributed by atoms with Crippen LogP contribution in [0.15, 0.2) is 42.6 Å². The van der Waals surface area contributed by atoms with Gasteiger partial charge in [-0.2, -0.15) is 10.5 Å². The number of hydrogen-bond acceptors (Lipinski definition) is 5. The van der Waals surface area contributed by atoms with Crippen molar-refractivity contribution in [1.29, 1.82) is 10.5 Å². The predicted molar refractivity (Wildman–Crippen MR) is 140 cm³/mol. The number of rotatable bonds is 5. The summed E-state index contributed by atoms with van der Waals surface area (Å²) in [4.78, 5) is 19.5. The summed E-state index contributed by atoms with van der Waals surface area (Å²) < 4.78 is 45.2. The molecule has 7 rings (SSSR count). The Balaban J connectivity index is 1.62. The van der Waals surface area contributed by atoms with Crippen LogP contribution >= 0.6 is 0 Å². The average molecular weight is 542 g/mol. The average Bonchev–Trinajstić information content (AvgIpc) is 3.38. The molecular weight excluding hydrogens is 519 g/mol. The first-order chi connectivity index (χ1) is 19.3. The van der Waals surface area contributed by atoms with Crippen molar-refractivity contribution in [1.82, 2.24) is 9.97 Å². The van der Waals surface area contributed by atoms with Gasteiger partial charge in [0.05, 0.1) is 34.3 Å². The number of aromatic amines is 1. The molecule has 3 N–H and O–H groups in total. The van der Waals surface area contributed by atoms with E-state index in [0.29, 0.717) is 0 Å². The van der Waals surface area contributed by atoms with E-state index in [1.54, 1.807) is 12.1 Å². The molecule has 2 aromatic carbocycles. The number of anilines is 1. The highest BCUT2D eigenvalue weighted by atomic mass is 19.1. The van der Waals surface area contributed by atoms with Gasteiger partial charge in [-0.05, 0) is 49.7 Å². The maximum absolute atomic E-state index is 16.5. The summed E-state index contributed by atoms with van der Waals surface area (Å²) in [5, 5.41) is 33.2. The fourth-order valence-electron chi connectivity index (χ4n) is 6.54. The van der Waals surface area contributed by atoms with Gasteiger partial charge in [0.2, 0.25) is 0 Å². The number of carbonyl (C=O) groups is 1. The Bertz CT molecular complexity index is 1760. The number of fused-ring (bicyclic) bond motifs is 4. The fourth-order valence-corrected chi connectivity index (χ4v) is 6.54. The van der Waals surface area contributed by atoms with Crippen molar-refractivity contribution in [2.75, 3.05) is 5.32 Å². The number of carboxylic acids is 1. The van der Waals surface area contributed by atoms with Gasteiger partial charge in [0.1, 0.15) is 17.7 Å². The minimum atomic E-state index is -0.973. The molecule has 0 spiro atoms. The van der Waals surface area contributed by atoms with Crippen molar-refractivity contribution < 1.29 is 23.1 Å². The zero-order chi connectivity index (χ0) is 28.1. The summed E-state index contributed by atoms with van der Waals surface area (Å²) in [5.41, 5.74) is -0.0974. The van der Waals surface area contributed by atoms with E-state index >= 15 is 4.39 Å². The molecule has 200 valence electrons. The number of hydrogen-bond donors (Lipinski definition) is 3. The zero-order valence-electron chi connectivity index (χ0n) is 21.0. The second-order valence-electron chi connectivity index (χ2n) is 10.4. The molecule has 0 aliphatic heterocycles. The standard InChI is InChI=1S/C30H22F3N5O2/c31-17-9-19-21(13-36-28(19)22(32)10-17)27-20(12-35)24(18-4-2-1-3-16(18)11-34)25(33)29(38-27)37-26-15-7-5-14(6-8-15)23(26)30(39)40/h1-4,9-10,13-15,23,26,36H,5-8H2,(H,37,38)(H,39,40)/t14?,15?,23-,26-/m0/s1. The van der Waals surface area contributed by atoms with E-state index in [4.69, 9.17) is 0 Å². The van der Waals surface area contributed by atoms with E-state index < -0.39 is 35.4 Å². The van der Waals surface area contributed by atoms with Crippen LogP contribution in [0.4, 0.5) is 19.0 Å². The number of nitrogens with one attached hydrogen (secondary N) is 2. The zero-order valence-corrected chi connectivity index (χ0v) is 21.0. The highest BCUT2D eigenvalue weighted by Gasteiger charge is 2.47. The molecule has 0 saturated heterocycles. The van der Waals surface area contributed by atoms with Crippen molar-refractivity contribution in [3.8, 4) is 34.5 Å². The minimum Gasteiger partial charge on any atom is -0.481 e. The van der Waals surface area contributed by atoms with Crippen LogP contribution in [0.5, 0.6) is 0 Å². The molecule has 3 fully saturated rings. The number of benzene rings is 2. The smallest absolute Gasteiger partial charge is 0.308 e. The van der Waals surface area contributed by atoms with E-state index in [1.165, 1.54) is 18.3 Å². The van der Waals surface area contributed by atoms with Crippen molar-refractivity contribution in [2.45, 2.75) is 31.7 Å². The Hall–Kier alpha value is -4.83. The van der Waals surface area contributed by atoms with Gasteiger partial charge in [0.15, 0.2) is 11.6 Å². The molecule has 4 aromatic rings. The van der Waals surface area contributed by atoms with Gasteiger partial charge in [0.25, 0.3) is 0 Å². The molecule has 2 bridgehead atoms. The second kappa shape index (κ2) is 9.73. The minimum absolute atomic E-state index is 0.0162. The molecule has 10 heteroatoms. The summed E-state index contributed by atoms with van der Waals surface area (Å²) in [5.74, 6) is -4.69. The number of nitrogens with zero attached hydrogens (tertiary/aromatic N) is 3. The number of nitriles is 2. The molecule has 0 amide bonds. The molecule has 2 atom stereocenters. The lowest BCUT2D eigenvalue weighted by atomic mass is 9.61. The predicted octanol–water partition coefficient (Wildman–Crippen LogP) is 6.36. The van der Waals surface area contributed by atoms with Gasteiger partial charge in [0, 0.05) is 40.4 Å². The van der Waals surface area contributed by atoms with Crippen LogP contribution in [0.2, 0.25) is 0 Å². The van der Waals surface area contributed by atoms with Crippen LogP contribution < -0.4 is 5.32 Å². The summed E-state index contributed by atoms with van der Waals surface area (Å²) in [7, 11) is 0. The lowest BCUT2D eigenvalue weighted by Crippen LogP contribution is -2.51. The lowest BCUT2D eigenvalue weighted by molar-refractivity contribution is -0.148. The molecule has 3 saturated carbocycles. The first kappa shape index (κ1) is 25.4. The van der Waals surface area contributed by atoms with Crippen molar-refractivity contribution in [3.63, 3.8) is 0 Å². The van der Waals surface area contributed by atoms with Crippen LogP contribution in [-0.2, 0) is 4.79 Å². The molecule has 2 aromatic heterocycles. The monoisotopic (exact) mass is 541 g/mol. The number of aliphatic carboxylic acids is 1. The quantitative estimate of drug-likeness (QED) is 0.270. The van der Waals surface area contributed by atoms with E-state index in [-0.39, 0.29) is 62.1 Å². The van der Waals surface area contributed by atoms with Crippen LogP contribution in [0.3, 0.4) is 0 Å². The molecule has 2 heterocycles.